The van der Waals surface area contributed by atoms with Crippen LogP contribution in [-0.2, 0) is 6.42 Å². The molecule has 0 spiro atoms. The summed E-state index contributed by atoms with van der Waals surface area (Å²) in [6, 6.07) is 12.2. The first-order valence-corrected chi connectivity index (χ1v) is 8.18. The van der Waals surface area contributed by atoms with Crippen molar-refractivity contribution in [1.29, 1.82) is 0 Å². The average molecular weight is 308 g/mol. The van der Waals surface area contributed by atoms with Crippen LogP contribution >= 0.6 is 22.9 Å². The minimum Gasteiger partial charge on any atom is -0.387 e. The second-order valence-corrected chi connectivity index (χ2v) is 6.98. The number of halogens is 1. The van der Waals surface area contributed by atoms with E-state index in [1.807, 2.05) is 30.3 Å². The maximum atomic E-state index is 10.2. The molecule has 2 aromatic rings. The Labute approximate surface area is 128 Å². The molecular formula is C16H18ClNOS. The van der Waals surface area contributed by atoms with Crippen LogP contribution in [0.5, 0.6) is 0 Å². The first-order chi connectivity index (χ1) is 9.74. The molecule has 1 aliphatic carbocycles. The molecule has 0 saturated carbocycles. The molecular weight excluding hydrogens is 290 g/mol. The van der Waals surface area contributed by atoms with Gasteiger partial charge in [0.05, 0.1) is 10.4 Å². The Balaban J connectivity index is 1.65. The van der Waals surface area contributed by atoms with Gasteiger partial charge in [-0.25, -0.2) is 0 Å². The van der Waals surface area contributed by atoms with Crippen molar-refractivity contribution >= 4 is 22.9 Å². The summed E-state index contributed by atoms with van der Waals surface area (Å²) in [5.74, 6) is 0. The lowest BCUT2D eigenvalue weighted by Gasteiger charge is -2.25. The van der Waals surface area contributed by atoms with Gasteiger partial charge in [0.1, 0.15) is 0 Å². The summed E-state index contributed by atoms with van der Waals surface area (Å²) in [5.41, 5.74) is 2.28. The highest BCUT2D eigenvalue weighted by molar-refractivity contribution is 7.16. The van der Waals surface area contributed by atoms with Gasteiger partial charge in [-0.2, -0.15) is 0 Å². The van der Waals surface area contributed by atoms with Crippen molar-refractivity contribution in [1.82, 2.24) is 5.32 Å². The fourth-order valence-electron chi connectivity index (χ4n) is 2.78. The normalized spacial score (nSPS) is 19.6. The molecule has 1 aromatic heterocycles. The molecule has 0 radical (unpaired) electrons. The van der Waals surface area contributed by atoms with Crippen molar-refractivity contribution in [2.24, 2.45) is 0 Å². The van der Waals surface area contributed by atoms with Gasteiger partial charge in [-0.1, -0.05) is 41.9 Å². The summed E-state index contributed by atoms with van der Waals surface area (Å²) in [6.45, 7) is 0.571. The number of hydrogen-bond donors (Lipinski definition) is 2. The van der Waals surface area contributed by atoms with Crippen molar-refractivity contribution in [3.63, 3.8) is 0 Å². The van der Waals surface area contributed by atoms with E-state index >= 15 is 0 Å². The van der Waals surface area contributed by atoms with Crippen molar-refractivity contribution in [3.8, 4) is 0 Å². The fraction of sp³-hybridized carbons (Fsp3) is 0.375. The number of aryl methyl sites for hydroxylation is 1. The van der Waals surface area contributed by atoms with Crippen molar-refractivity contribution in [2.45, 2.75) is 31.4 Å². The van der Waals surface area contributed by atoms with Crippen molar-refractivity contribution < 1.29 is 5.11 Å². The monoisotopic (exact) mass is 307 g/mol. The minimum absolute atomic E-state index is 0.320. The Hall–Kier alpha value is -0.870. The Kier molecular flexibility index (Phi) is 4.41. The molecule has 2 N–H and O–H groups in total. The predicted molar refractivity (Wildman–Crippen MR) is 84.4 cm³/mol. The summed E-state index contributed by atoms with van der Waals surface area (Å²) in [7, 11) is 0. The van der Waals surface area contributed by atoms with E-state index in [2.05, 4.69) is 11.4 Å². The highest BCUT2D eigenvalue weighted by Crippen LogP contribution is 2.37. The third-order valence-electron chi connectivity index (χ3n) is 3.83. The van der Waals surface area contributed by atoms with Crippen molar-refractivity contribution in [3.05, 3.63) is 56.7 Å². The van der Waals surface area contributed by atoms with E-state index < -0.39 is 6.10 Å². The van der Waals surface area contributed by atoms with Gasteiger partial charge < -0.3 is 10.4 Å². The fourth-order valence-corrected chi connectivity index (χ4v) is 4.16. The summed E-state index contributed by atoms with van der Waals surface area (Å²) in [6.07, 6.45) is 2.96. The first kappa shape index (κ1) is 14.1. The average Bonchev–Trinajstić information content (AvgIpc) is 2.86. The Bertz CT molecular complexity index is 569. The lowest BCUT2D eigenvalue weighted by atomic mass is 9.94. The zero-order valence-electron chi connectivity index (χ0n) is 11.2. The van der Waals surface area contributed by atoms with Crippen LogP contribution in [0.25, 0.3) is 0 Å². The number of nitrogens with one attached hydrogen (secondary N) is 1. The molecule has 106 valence electrons. The van der Waals surface area contributed by atoms with E-state index in [-0.39, 0.29) is 0 Å². The number of fused-ring (bicyclic) bond motifs is 1. The zero-order valence-corrected chi connectivity index (χ0v) is 12.8. The third-order valence-corrected chi connectivity index (χ3v) is 5.17. The van der Waals surface area contributed by atoms with E-state index in [4.69, 9.17) is 11.6 Å². The standard InChI is InChI=1S/C16H18ClNOS/c17-16-9-12-13(7-4-8-15(12)20-16)18-10-14(19)11-5-2-1-3-6-11/h1-3,5-6,9,13-14,18-19H,4,7-8,10H2. The maximum Gasteiger partial charge on any atom is 0.0934 e. The number of rotatable bonds is 4. The highest BCUT2D eigenvalue weighted by atomic mass is 35.5. The highest BCUT2D eigenvalue weighted by Gasteiger charge is 2.23. The van der Waals surface area contributed by atoms with Crippen LogP contribution in [0, 0.1) is 0 Å². The molecule has 2 atom stereocenters. The topological polar surface area (TPSA) is 32.3 Å². The number of benzene rings is 1. The Morgan fingerprint density at radius 2 is 2.15 bits per heavy atom. The minimum atomic E-state index is -0.462. The van der Waals surface area contributed by atoms with Crippen LogP contribution in [0.2, 0.25) is 4.34 Å². The largest absolute Gasteiger partial charge is 0.387 e. The van der Waals surface area contributed by atoms with Gasteiger partial charge in [-0.15, -0.1) is 11.3 Å². The predicted octanol–water partition coefficient (Wildman–Crippen LogP) is 4.10. The first-order valence-electron chi connectivity index (χ1n) is 6.98. The molecule has 0 saturated heterocycles. The molecule has 2 nitrogen and oxygen atoms in total. The van der Waals surface area contributed by atoms with E-state index in [1.54, 1.807) is 11.3 Å². The summed E-state index contributed by atoms with van der Waals surface area (Å²) in [5, 5.41) is 13.7. The van der Waals surface area contributed by atoms with Gasteiger partial charge in [-0.3, -0.25) is 0 Å². The van der Waals surface area contributed by atoms with Gasteiger partial charge in [0.2, 0.25) is 0 Å². The van der Waals surface area contributed by atoms with Crippen LogP contribution in [0.4, 0.5) is 0 Å². The number of aliphatic hydroxyl groups excluding tert-OH is 1. The molecule has 0 fully saturated rings. The van der Waals surface area contributed by atoms with Gasteiger partial charge in [0.15, 0.2) is 0 Å². The van der Waals surface area contributed by atoms with Gasteiger partial charge in [0, 0.05) is 17.5 Å². The van der Waals surface area contributed by atoms with Gasteiger partial charge in [-0.05, 0) is 36.5 Å². The molecule has 1 aromatic carbocycles. The molecule has 2 unspecified atom stereocenters. The molecule has 4 heteroatoms. The molecule has 1 aliphatic rings. The summed E-state index contributed by atoms with van der Waals surface area (Å²) >= 11 is 7.80. The molecule has 0 bridgehead atoms. The summed E-state index contributed by atoms with van der Waals surface area (Å²) < 4.78 is 0.868. The third kappa shape index (κ3) is 3.07. The van der Waals surface area contributed by atoms with Gasteiger partial charge >= 0.3 is 0 Å². The number of hydrogen-bond acceptors (Lipinski definition) is 3. The Morgan fingerprint density at radius 1 is 1.35 bits per heavy atom. The van der Waals surface area contributed by atoms with Crippen LogP contribution in [0.1, 0.15) is 41.0 Å². The SMILES string of the molecule is OC(CNC1CCCc2sc(Cl)cc21)c1ccccc1. The van der Waals surface area contributed by atoms with Gasteiger partial charge in [0.25, 0.3) is 0 Å². The summed E-state index contributed by atoms with van der Waals surface area (Å²) in [4.78, 5) is 1.40. The molecule has 3 rings (SSSR count). The van der Waals surface area contributed by atoms with Crippen LogP contribution in [-0.4, -0.2) is 11.7 Å². The van der Waals surface area contributed by atoms with E-state index in [1.165, 1.54) is 16.9 Å². The maximum absolute atomic E-state index is 10.2. The number of thiophene rings is 1. The van der Waals surface area contributed by atoms with Crippen LogP contribution in [0.15, 0.2) is 36.4 Å². The lowest BCUT2D eigenvalue weighted by molar-refractivity contribution is 0.168. The molecule has 0 amide bonds. The molecule has 20 heavy (non-hydrogen) atoms. The van der Waals surface area contributed by atoms with E-state index in [0.29, 0.717) is 12.6 Å². The smallest absolute Gasteiger partial charge is 0.0934 e. The zero-order chi connectivity index (χ0) is 13.9. The number of aliphatic hydroxyl groups is 1. The van der Waals surface area contributed by atoms with E-state index in [0.717, 1.165) is 22.7 Å². The van der Waals surface area contributed by atoms with Crippen molar-refractivity contribution in [2.75, 3.05) is 6.54 Å². The van der Waals surface area contributed by atoms with E-state index in [9.17, 15) is 5.11 Å². The quantitative estimate of drug-likeness (QED) is 0.891. The van der Waals surface area contributed by atoms with Crippen LogP contribution < -0.4 is 5.32 Å². The second kappa shape index (κ2) is 6.27. The molecule has 1 heterocycles. The lowest BCUT2D eigenvalue weighted by Crippen LogP contribution is -2.28. The second-order valence-electron chi connectivity index (χ2n) is 5.21. The molecule has 0 aliphatic heterocycles. The van der Waals surface area contributed by atoms with Crippen LogP contribution in [0.3, 0.4) is 0 Å². The Morgan fingerprint density at radius 3 is 2.95 bits per heavy atom.